The van der Waals surface area contributed by atoms with Crippen LogP contribution in [0.4, 0.5) is 0 Å². The van der Waals surface area contributed by atoms with Gasteiger partial charge >= 0.3 is 0 Å². The van der Waals surface area contributed by atoms with Crippen LogP contribution in [0.5, 0.6) is 11.5 Å². The molecule has 0 aliphatic carbocycles. The molecule has 2 aromatic carbocycles. The molecule has 22 heavy (non-hydrogen) atoms. The molecule has 0 radical (unpaired) electrons. The van der Waals surface area contributed by atoms with Gasteiger partial charge in [-0.15, -0.1) is 11.8 Å². The van der Waals surface area contributed by atoms with Crippen LogP contribution < -0.4 is 4.74 Å². The number of aromatic hydroxyl groups is 1. The minimum atomic E-state index is 0.0698. The zero-order valence-corrected chi connectivity index (χ0v) is 13.8. The monoisotopic (exact) mass is 318 g/mol. The summed E-state index contributed by atoms with van der Waals surface area (Å²) in [5.41, 5.74) is 2.06. The lowest BCUT2D eigenvalue weighted by Gasteiger charge is -2.15. The summed E-state index contributed by atoms with van der Waals surface area (Å²) in [7, 11) is 0. The summed E-state index contributed by atoms with van der Waals surface area (Å²) in [4.78, 5) is 1.09. The minimum absolute atomic E-state index is 0.0698. The smallest absolute Gasteiger partial charge is 0.119 e. The average molecular weight is 318 g/mol. The predicted octanol–water partition coefficient (Wildman–Crippen LogP) is 3.79. The molecular formula is C18H22O3S. The molecule has 4 heteroatoms. The van der Waals surface area contributed by atoms with Crippen LogP contribution in [0.2, 0.25) is 0 Å². The fraction of sp³-hybridized carbons (Fsp3) is 0.333. The molecule has 3 nitrogen and oxygen atoms in total. The molecule has 0 saturated heterocycles. The van der Waals surface area contributed by atoms with Crippen molar-refractivity contribution in [2.24, 2.45) is 5.92 Å². The van der Waals surface area contributed by atoms with Crippen LogP contribution in [0.3, 0.4) is 0 Å². The maximum atomic E-state index is 9.53. The number of aryl methyl sites for hydroxylation is 2. The van der Waals surface area contributed by atoms with E-state index in [-0.39, 0.29) is 12.5 Å². The molecule has 1 unspecified atom stereocenters. The molecule has 0 amide bonds. The molecule has 1 atom stereocenters. The number of thioether (sulfide) groups is 1. The Morgan fingerprint density at radius 3 is 2.45 bits per heavy atom. The normalized spacial score (nSPS) is 12.1. The zero-order chi connectivity index (χ0) is 15.9. The minimum Gasteiger partial charge on any atom is -0.508 e. The van der Waals surface area contributed by atoms with Crippen molar-refractivity contribution in [2.45, 2.75) is 18.7 Å². The molecule has 0 heterocycles. The fourth-order valence-electron chi connectivity index (χ4n) is 1.93. The molecule has 0 spiro atoms. The number of benzene rings is 2. The highest BCUT2D eigenvalue weighted by molar-refractivity contribution is 7.99. The van der Waals surface area contributed by atoms with E-state index in [1.165, 1.54) is 5.56 Å². The Balaban J connectivity index is 1.83. The first kappa shape index (κ1) is 16.7. The number of phenolic OH excluding ortho intramolecular Hbond substituents is 1. The van der Waals surface area contributed by atoms with Crippen molar-refractivity contribution in [3.63, 3.8) is 0 Å². The molecule has 0 aliphatic rings. The average Bonchev–Trinajstić information content (AvgIpc) is 2.52. The van der Waals surface area contributed by atoms with Gasteiger partial charge in [-0.1, -0.05) is 17.7 Å². The van der Waals surface area contributed by atoms with Gasteiger partial charge in [0, 0.05) is 23.2 Å². The number of hydrogen-bond donors (Lipinski definition) is 2. The van der Waals surface area contributed by atoms with Crippen LogP contribution in [-0.4, -0.2) is 29.2 Å². The first-order valence-corrected chi connectivity index (χ1v) is 8.30. The highest BCUT2D eigenvalue weighted by Gasteiger charge is 2.10. The van der Waals surface area contributed by atoms with Crippen LogP contribution >= 0.6 is 11.8 Å². The molecule has 2 rings (SSSR count). The summed E-state index contributed by atoms with van der Waals surface area (Å²) in [5, 5.41) is 19.0. The Hall–Kier alpha value is -1.65. The van der Waals surface area contributed by atoms with Gasteiger partial charge in [-0.05, 0) is 49.7 Å². The molecule has 2 N–H and O–H groups in total. The maximum Gasteiger partial charge on any atom is 0.119 e. The van der Waals surface area contributed by atoms with E-state index in [9.17, 15) is 10.2 Å². The van der Waals surface area contributed by atoms with Gasteiger partial charge in [0.05, 0.1) is 6.61 Å². The third-order valence-corrected chi connectivity index (χ3v) is 4.64. The molecule has 0 aromatic heterocycles. The van der Waals surface area contributed by atoms with E-state index in [2.05, 4.69) is 0 Å². The van der Waals surface area contributed by atoms with Crippen molar-refractivity contribution in [2.75, 3.05) is 19.0 Å². The molecule has 0 fully saturated rings. The Labute approximate surface area is 136 Å². The number of ether oxygens (including phenoxy) is 1. The molecule has 2 aromatic rings. The van der Waals surface area contributed by atoms with Crippen LogP contribution in [0.15, 0.2) is 47.4 Å². The standard InChI is InChI=1S/C18H22O3S/c1-13-3-5-16(6-4-13)21-11-15(10-19)12-22-17-7-8-18(20)14(2)9-17/h3-9,15,19-20H,10-12H2,1-2H3. The van der Waals surface area contributed by atoms with Crippen molar-refractivity contribution >= 4 is 11.8 Å². The molecule has 0 aliphatic heterocycles. The second kappa shape index (κ2) is 8.11. The van der Waals surface area contributed by atoms with Crippen molar-refractivity contribution in [1.82, 2.24) is 0 Å². The predicted molar refractivity (Wildman–Crippen MR) is 90.8 cm³/mol. The highest BCUT2D eigenvalue weighted by atomic mass is 32.2. The summed E-state index contributed by atoms with van der Waals surface area (Å²) < 4.78 is 5.73. The lowest BCUT2D eigenvalue weighted by Crippen LogP contribution is -2.18. The van der Waals surface area contributed by atoms with Gasteiger partial charge in [-0.25, -0.2) is 0 Å². The summed E-state index contributed by atoms with van der Waals surface area (Å²) in [6.45, 7) is 4.50. The summed E-state index contributed by atoms with van der Waals surface area (Å²) in [6, 6.07) is 13.5. The molecular weight excluding hydrogens is 296 g/mol. The highest BCUT2D eigenvalue weighted by Crippen LogP contribution is 2.26. The molecule has 118 valence electrons. The van der Waals surface area contributed by atoms with E-state index in [1.807, 2.05) is 50.2 Å². The van der Waals surface area contributed by atoms with Gasteiger partial charge in [-0.3, -0.25) is 0 Å². The third-order valence-electron chi connectivity index (χ3n) is 3.42. The second-order valence-electron chi connectivity index (χ2n) is 5.43. The van der Waals surface area contributed by atoms with Crippen molar-refractivity contribution in [1.29, 1.82) is 0 Å². The summed E-state index contributed by atoms with van der Waals surface area (Å²) in [5.74, 6) is 1.98. The first-order valence-electron chi connectivity index (χ1n) is 7.31. The maximum absolute atomic E-state index is 9.53. The summed E-state index contributed by atoms with van der Waals surface area (Å²) >= 11 is 1.66. The Morgan fingerprint density at radius 1 is 1.09 bits per heavy atom. The lowest BCUT2D eigenvalue weighted by molar-refractivity contribution is 0.177. The number of rotatable bonds is 7. The first-order chi connectivity index (χ1) is 10.6. The number of hydrogen-bond acceptors (Lipinski definition) is 4. The van der Waals surface area contributed by atoms with Gasteiger partial charge < -0.3 is 14.9 Å². The van der Waals surface area contributed by atoms with Gasteiger partial charge in [-0.2, -0.15) is 0 Å². The van der Waals surface area contributed by atoms with Crippen LogP contribution in [0.1, 0.15) is 11.1 Å². The largest absolute Gasteiger partial charge is 0.508 e. The van der Waals surface area contributed by atoms with E-state index in [1.54, 1.807) is 17.8 Å². The van der Waals surface area contributed by atoms with Crippen LogP contribution in [-0.2, 0) is 0 Å². The quantitative estimate of drug-likeness (QED) is 0.763. The van der Waals surface area contributed by atoms with Crippen LogP contribution in [0.25, 0.3) is 0 Å². The van der Waals surface area contributed by atoms with E-state index in [0.29, 0.717) is 12.4 Å². The number of phenols is 1. The fourth-order valence-corrected chi connectivity index (χ4v) is 2.99. The number of aliphatic hydroxyl groups is 1. The Kier molecular flexibility index (Phi) is 6.16. The summed E-state index contributed by atoms with van der Waals surface area (Å²) in [6.07, 6.45) is 0. The molecule has 0 saturated carbocycles. The topological polar surface area (TPSA) is 49.7 Å². The molecule has 0 bridgehead atoms. The van der Waals surface area contributed by atoms with Crippen molar-refractivity contribution < 1.29 is 14.9 Å². The van der Waals surface area contributed by atoms with Gasteiger partial charge in [0.1, 0.15) is 11.5 Å². The van der Waals surface area contributed by atoms with E-state index >= 15 is 0 Å². The SMILES string of the molecule is Cc1ccc(OCC(CO)CSc2ccc(O)c(C)c2)cc1. The number of aliphatic hydroxyl groups excluding tert-OH is 1. The second-order valence-corrected chi connectivity index (χ2v) is 6.53. The lowest BCUT2D eigenvalue weighted by atomic mass is 10.2. The third kappa shape index (κ3) is 4.97. The van der Waals surface area contributed by atoms with Gasteiger partial charge in [0.15, 0.2) is 0 Å². The van der Waals surface area contributed by atoms with Crippen molar-refractivity contribution in [3.8, 4) is 11.5 Å². The van der Waals surface area contributed by atoms with Crippen LogP contribution in [0, 0.1) is 19.8 Å². The van der Waals surface area contributed by atoms with Gasteiger partial charge in [0.2, 0.25) is 0 Å². The Morgan fingerprint density at radius 2 is 1.82 bits per heavy atom. The zero-order valence-electron chi connectivity index (χ0n) is 13.0. The van der Waals surface area contributed by atoms with Crippen molar-refractivity contribution in [3.05, 3.63) is 53.6 Å². The van der Waals surface area contributed by atoms with Gasteiger partial charge in [0.25, 0.3) is 0 Å². The van der Waals surface area contributed by atoms with E-state index < -0.39 is 0 Å². The van der Waals surface area contributed by atoms with E-state index in [4.69, 9.17) is 4.74 Å². The van der Waals surface area contributed by atoms with E-state index in [0.717, 1.165) is 22.0 Å². The Bertz CT molecular complexity index is 596.